The third kappa shape index (κ3) is 5.08. The van der Waals surface area contributed by atoms with E-state index in [1.807, 2.05) is 60.7 Å². The third-order valence-electron chi connectivity index (χ3n) is 11.1. The summed E-state index contributed by atoms with van der Waals surface area (Å²) in [7, 11) is 0. The number of hydrogen-bond acceptors (Lipinski definition) is 5. The first-order chi connectivity index (χ1) is 28.2. The molecular weight excluding hydrogens is 701 g/mol. The van der Waals surface area contributed by atoms with Crippen LogP contribution in [0, 0.1) is 0 Å². The minimum absolute atomic E-state index is 0.582. The third-order valence-corrected chi connectivity index (χ3v) is 11.1. The molecule has 0 aliphatic carbocycles. The number of nitrogens with zero attached hydrogens (tertiary/aromatic N) is 4. The standard InChI is InChI=1S/C51H30N4O2/c1-3-11-31(12-4-1)33-19-23-40-41-25-22-36(30-48(41)57-46(40)28-33)55-43-17-9-7-15-37(43)42-27-34(21-26-44(42)55)50-52-49(32-13-5-2-6-14-32)53-51(54-50)35-20-24-39-38-16-8-10-18-45(38)56-47(39)29-35/h1-30H. The molecule has 12 rings (SSSR count). The molecule has 0 amide bonds. The van der Waals surface area contributed by atoms with Crippen LogP contribution in [-0.4, -0.2) is 19.5 Å². The minimum Gasteiger partial charge on any atom is -0.456 e. The van der Waals surface area contributed by atoms with Gasteiger partial charge in [0.2, 0.25) is 0 Å². The Morgan fingerprint density at radius 3 is 1.54 bits per heavy atom. The van der Waals surface area contributed by atoms with E-state index in [0.29, 0.717) is 17.5 Å². The van der Waals surface area contributed by atoms with Gasteiger partial charge >= 0.3 is 0 Å². The summed E-state index contributed by atoms with van der Waals surface area (Å²) >= 11 is 0. The van der Waals surface area contributed by atoms with E-state index in [4.69, 9.17) is 23.8 Å². The quantitative estimate of drug-likeness (QED) is 0.176. The predicted octanol–water partition coefficient (Wildman–Crippen LogP) is 13.4. The van der Waals surface area contributed by atoms with Gasteiger partial charge < -0.3 is 13.4 Å². The normalized spacial score (nSPS) is 11.9. The molecule has 4 heterocycles. The Bertz CT molecular complexity index is 3530. The monoisotopic (exact) mass is 730 g/mol. The van der Waals surface area contributed by atoms with Crippen LogP contribution in [0.2, 0.25) is 0 Å². The summed E-state index contributed by atoms with van der Waals surface area (Å²) in [5.74, 6) is 1.79. The molecule has 12 aromatic rings. The van der Waals surface area contributed by atoms with Gasteiger partial charge in [0.25, 0.3) is 0 Å². The molecule has 57 heavy (non-hydrogen) atoms. The first kappa shape index (κ1) is 31.5. The predicted molar refractivity (Wildman–Crippen MR) is 230 cm³/mol. The number of rotatable bonds is 5. The topological polar surface area (TPSA) is 69.9 Å². The fourth-order valence-electron chi connectivity index (χ4n) is 8.32. The molecule has 0 N–H and O–H groups in total. The number of para-hydroxylation sites is 2. The molecule has 0 aliphatic rings. The van der Waals surface area contributed by atoms with Crippen molar-refractivity contribution in [2.24, 2.45) is 0 Å². The van der Waals surface area contributed by atoms with Gasteiger partial charge in [0.15, 0.2) is 17.5 Å². The summed E-state index contributed by atoms with van der Waals surface area (Å²) in [6.45, 7) is 0. The second kappa shape index (κ2) is 12.3. The number of furan rings is 2. The lowest BCUT2D eigenvalue weighted by molar-refractivity contribution is 0.668. The minimum atomic E-state index is 0.582. The fraction of sp³-hybridized carbons (Fsp3) is 0. The van der Waals surface area contributed by atoms with Crippen LogP contribution in [0.4, 0.5) is 0 Å². The van der Waals surface area contributed by atoms with Gasteiger partial charge in [-0.05, 0) is 77.9 Å². The molecular formula is C51H30N4O2. The molecule has 6 heteroatoms. The molecule has 0 saturated heterocycles. The highest BCUT2D eigenvalue weighted by Gasteiger charge is 2.19. The molecule has 6 nitrogen and oxygen atoms in total. The summed E-state index contributed by atoms with van der Waals surface area (Å²) in [6, 6.07) is 62.8. The molecule has 0 unspecified atom stereocenters. The summed E-state index contributed by atoms with van der Waals surface area (Å²) < 4.78 is 15.1. The summed E-state index contributed by atoms with van der Waals surface area (Å²) in [5.41, 5.74) is 11.6. The highest BCUT2D eigenvalue weighted by Crippen LogP contribution is 2.38. The van der Waals surface area contributed by atoms with Gasteiger partial charge in [0, 0.05) is 60.8 Å². The Hall–Kier alpha value is -7.83. The number of fused-ring (bicyclic) bond motifs is 9. The van der Waals surface area contributed by atoms with E-state index in [-0.39, 0.29) is 0 Å². The van der Waals surface area contributed by atoms with Gasteiger partial charge in [-0.15, -0.1) is 0 Å². The van der Waals surface area contributed by atoms with E-state index in [2.05, 4.69) is 126 Å². The van der Waals surface area contributed by atoms with E-state index in [9.17, 15) is 0 Å². The van der Waals surface area contributed by atoms with Crippen molar-refractivity contribution >= 4 is 65.7 Å². The van der Waals surface area contributed by atoms with Gasteiger partial charge in [-0.3, -0.25) is 0 Å². The average Bonchev–Trinajstić information content (AvgIpc) is 3.95. The van der Waals surface area contributed by atoms with E-state index >= 15 is 0 Å². The van der Waals surface area contributed by atoms with Crippen molar-refractivity contribution in [3.05, 3.63) is 182 Å². The van der Waals surface area contributed by atoms with Crippen LogP contribution in [0.25, 0.3) is 117 Å². The molecule has 0 atom stereocenters. The van der Waals surface area contributed by atoms with Crippen molar-refractivity contribution in [1.82, 2.24) is 19.5 Å². The zero-order valence-electron chi connectivity index (χ0n) is 30.4. The molecule has 0 bridgehead atoms. The maximum atomic E-state index is 6.55. The summed E-state index contributed by atoms with van der Waals surface area (Å²) in [4.78, 5) is 15.2. The molecule has 4 aromatic heterocycles. The maximum Gasteiger partial charge on any atom is 0.164 e. The summed E-state index contributed by atoms with van der Waals surface area (Å²) in [5, 5.41) is 6.59. The van der Waals surface area contributed by atoms with Crippen LogP contribution < -0.4 is 0 Å². The first-order valence-electron chi connectivity index (χ1n) is 19.0. The molecule has 8 aromatic carbocycles. The van der Waals surface area contributed by atoms with Crippen molar-refractivity contribution < 1.29 is 8.83 Å². The van der Waals surface area contributed by atoms with E-state index in [0.717, 1.165) is 93.6 Å². The number of aromatic nitrogens is 4. The lowest BCUT2D eigenvalue weighted by Gasteiger charge is -2.10. The SMILES string of the molecule is c1ccc(-c2ccc3c(c2)oc2cc(-n4c5ccccc5c5cc(-c6nc(-c7ccccc7)nc(-c7ccc8c(c7)oc7ccccc78)n6)ccc54)ccc23)cc1. The number of hydrogen-bond donors (Lipinski definition) is 0. The Morgan fingerprint density at radius 1 is 0.298 bits per heavy atom. The van der Waals surface area contributed by atoms with Crippen molar-refractivity contribution in [3.63, 3.8) is 0 Å². The molecule has 0 spiro atoms. The fourth-order valence-corrected chi connectivity index (χ4v) is 8.32. The van der Waals surface area contributed by atoms with Gasteiger partial charge in [-0.2, -0.15) is 0 Å². The van der Waals surface area contributed by atoms with Gasteiger partial charge in [0.05, 0.1) is 11.0 Å². The Balaban J connectivity index is 1.00. The smallest absolute Gasteiger partial charge is 0.164 e. The van der Waals surface area contributed by atoms with E-state index in [1.165, 1.54) is 5.56 Å². The second-order valence-corrected chi connectivity index (χ2v) is 14.4. The van der Waals surface area contributed by atoms with Crippen LogP contribution in [0.3, 0.4) is 0 Å². The molecule has 0 aliphatic heterocycles. The van der Waals surface area contributed by atoms with Crippen LogP contribution >= 0.6 is 0 Å². The summed E-state index contributed by atoms with van der Waals surface area (Å²) in [6.07, 6.45) is 0. The lowest BCUT2D eigenvalue weighted by Crippen LogP contribution is -2.00. The van der Waals surface area contributed by atoms with Crippen molar-refractivity contribution in [1.29, 1.82) is 0 Å². The average molecular weight is 731 g/mol. The molecule has 0 saturated carbocycles. The highest BCUT2D eigenvalue weighted by atomic mass is 16.3. The zero-order chi connectivity index (χ0) is 37.5. The second-order valence-electron chi connectivity index (χ2n) is 14.4. The maximum absolute atomic E-state index is 6.55. The van der Waals surface area contributed by atoms with Crippen LogP contribution in [0.1, 0.15) is 0 Å². The van der Waals surface area contributed by atoms with E-state index < -0.39 is 0 Å². The van der Waals surface area contributed by atoms with Gasteiger partial charge in [0.1, 0.15) is 22.3 Å². The Morgan fingerprint density at radius 2 is 0.789 bits per heavy atom. The number of benzene rings is 8. The Labute approximate surface area is 325 Å². The van der Waals surface area contributed by atoms with E-state index in [1.54, 1.807) is 0 Å². The lowest BCUT2D eigenvalue weighted by atomic mass is 10.0. The Kier molecular flexibility index (Phi) is 6.83. The van der Waals surface area contributed by atoms with Crippen molar-refractivity contribution in [2.45, 2.75) is 0 Å². The highest BCUT2D eigenvalue weighted by molar-refractivity contribution is 6.11. The largest absolute Gasteiger partial charge is 0.456 e. The van der Waals surface area contributed by atoms with Crippen LogP contribution in [0.5, 0.6) is 0 Å². The van der Waals surface area contributed by atoms with Gasteiger partial charge in [-0.25, -0.2) is 15.0 Å². The molecule has 266 valence electrons. The first-order valence-corrected chi connectivity index (χ1v) is 19.0. The molecule has 0 fully saturated rings. The molecule has 0 radical (unpaired) electrons. The van der Waals surface area contributed by atoms with Crippen molar-refractivity contribution in [2.75, 3.05) is 0 Å². The van der Waals surface area contributed by atoms with Crippen molar-refractivity contribution in [3.8, 4) is 51.0 Å². The van der Waals surface area contributed by atoms with Gasteiger partial charge in [-0.1, -0.05) is 109 Å². The van der Waals surface area contributed by atoms with Crippen LogP contribution in [0.15, 0.2) is 191 Å². The zero-order valence-corrected chi connectivity index (χ0v) is 30.4. The van der Waals surface area contributed by atoms with Crippen LogP contribution in [-0.2, 0) is 0 Å².